The van der Waals surface area contributed by atoms with E-state index in [-0.39, 0.29) is 23.3 Å². The zero-order valence-corrected chi connectivity index (χ0v) is 21.3. The van der Waals surface area contributed by atoms with Crippen LogP contribution in [0.3, 0.4) is 0 Å². The van der Waals surface area contributed by atoms with Crippen molar-refractivity contribution < 1.29 is 34.8 Å². The number of aromatic hydroxyl groups is 1. The fourth-order valence-electron chi connectivity index (χ4n) is 6.08. The molecule has 0 spiro atoms. The highest BCUT2D eigenvalue weighted by Crippen LogP contribution is 2.59. The lowest BCUT2D eigenvalue weighted by molar-refractivity contribution is -0.148. The van der Waals surface area contributed by atoms with Crippen LogP contribution in [0.15, 0.2) is 76.1 Å². The van der Waals surface area contributed by atoms with Crippen molar-refractivity contribution >= 4 is 29.1 Å². The summed E-state index contributed by atoms with van der Waals surface area (Å²) in [7, 11) is 3.28. The first kappa shape index (κ1) is 25.3. The number of hydrogen-bond donors (Lipinski definition) is 4. The number of aliphatic hydroxyl groups is 3. The van der Waals surface area contributed by atoms with E-state index in [9.17, 15) is 34.8 Å². The monoisotopic (exact) mass is 521 g/mol. The molecule has 37 heavy (non-hydrogen) atoms. The largest absolute Gasteiger partial charge is 0.510 e. The normalized spacial score (nSPS) is 29.2. The van der Waals surface area contributed by atoms with Crippen LogP contribution in [-0.4, -0.2) is 68.4 Å². The molecule has 4 N–H and O–H groups in total. The van der Waals surface area contributed by atoms with Crippen molar-refractivity contribution in [3.8, 4) is 5.75 Å². The molecule has 192 valence electrons. The minimum absolute atomic E-state index is 0.00776. The van der Waals surface area contributed by atoms with Crippen molar-refractivity contribution in [1.29, 1.82) is 0 Å². The van der Waals surface area contributed by atoms with Gasteiger partial charge >= 0.3 is 0 Å². The van der Waals surface area contributed by atoms with Crippen molar-refractivity contribution in [3.05, 3.63) is 82.3 Å². The number of benzene rings is 2. The zero-order valence-electron chi connectivity index (χ0n) is 20.5. The van der Waals surface area contributed by atoms with Crippen molar-refractivity contribution in [3.63, 3.8) is 0 Å². The van der Waals surface area contributed by atoms with E-state index in [0.717, 1.165) is 11.8 Å². The number of allylic oxidation sites excluding steroid dienone is 1. The fraction of sp³-hybridized carbons (Fsp3) is 0.321. The first-order chi connectivity index (χ1) is 17.5. The molecule has 0 bridgehead atoms. The summed E-state index contributed by atoms with van der Waals surface area (Å²) in [6.07, 6.45) is 0.0606. The van der Waals surface area contributed by atoms with Gasteiger partial charge in [-0.3, -0.25) is 19.3 Å². The van der Waals surface area contributed by atoms with Gasteiger partial charge in [0.1, 0.15) is 22.8 Å². The van der Waals surface area contributed by atoms with Crippen molar-refractivity contribution in [2.75, 3.05) is 14.1 Å². The van der Waals surface area contributed by atoms with Crippen LogP contribution in [0.4, 0.5) is 0 Å². The number of aliphatic hydroxyl groups excluding tert-OH is 2. The highest BCUT2D eigenvalue weighted by molar-refractivity contribution is 7.99. The van der Waals surface area contributed by atoms with Crippen LogP contribution < -0.4 is 0 Å². The summed E-state index contributed by atoms with van der Waals surface area (Å²) in [6, 6.07) is 13.3. The van der Waals surface area contributed by atoms with Gasteiger partial charge in [0.2, 0.25) is 5.78 Å². The number of carbonyl (C=O) groups excluding carboxylic acids is 3. The lowest BCUT2D eigenvalue weighted by Crippen LogP contribution is -2.63. The van der Waals surface area contributed by atoms with Crippen LogP contribution in [0.2, 0.25) is 0 Å². The number of carbonyl (C=O) groups is 3. The number of fused-ring (bicyclic) bond motifs is 3. The van der Waals surface area contributed by atoms with E-state index >= 15 is 0 Å². The Balaban J connectivity index is 1.77. The summed E-state index contributed by atoms with van der Waals surface area (Å²) in [5, 5.41) is 44.6. The second-order valence-electron chi connectivity index (χ2n) is 9.95. The molecule has 2 aromatic rings. The standard InChI is InChI=1S/C28H27NO7S/c1-13(30)19-24(33)22(29(2)3)17-12-16-21(27(35)28(17,36)26(19)34)23(32)20-15(10-7-11-18(20)31)25(16)37-14-8-5-4-6-9-14/h4-11,16-17,22,25,31,33,35-36H,12H2,1-3H3/t16-,17-,22-,25-,28+/m0/s1. The highest BCUT2D eigenvalue weighted by Gasteiger charge is 2.64. The third-order valence-electron chi connectivity index (χ3n) is 7.66. The zero-order chi connectivity index (χ0) is 26.8. The summed E-state index contributed by atoms with van der Waals surface area (Å²) in [6.45, 7) is 1.10. The summed E-state index contributed by atoms with van der Waals surface area (Å²) in [5.41, 5.74) is -2.75. The van der Waals surface area contributed by atoms with Crippen LogP contribution in [0.1, 0.15) is 34.5 Å². The third kappa shape index (κ3) is 3.56. The number of likely N-dealkylation sites (N-methyl/N-ethyl adjacent to an activating group) is 1. The molecule has 0 aromatic heterocycles. The first-order valence-corrected chi connectivity index (χ1v) is 12.8. The van der Waals surface area contributed by atoms with Crippen LogP contribution in [0.25, 0.3) is 0 Å². The van der Waals surface area contributed by atoms with Crippen molar-refractivity contribution in [2.24, 2.45) is 11.8 Å². The molecule has 9 heteroatoms. The number of thioether (sulfide) groups is 1. The minimum Gasteiger partial charge on any atom is -0.510 e. The molecular formula is C28H27NO7S. The van der Waals surface area contributed by atoms with Gasteiger partial charge in [-0.2, -0.15) is 0 Å². The number of Topliss-reactive ketones (excluding diaryl/α,β-unsaturated/α-hetero) is 3. The molecule has 0 fully saturated rings. The molecule has 0 amide bonds. The lowest BCUT2D eigenvalue weighted by atomic mass is 9.58. The number of phenols is 1. The van der Waals surface area contributed by atoms with Gasteiger partial charge < -0.3 is 20.4 Å². The third-order valence-corrected chi connectivity index (χ3v) is 9.04. The second kappa shape index (κ2) is 8.86. The maximum absolute atomic E-state index is 13.8. The maximum atomic E-state index is 13.8. The molecular weight excluding hydrogens is 494 g/mol. The number of ketones is 3. The van der Waals surface area contributed by atoms with E-state index in [1.165, 1.54) is 17.8 Å². The van der Waals surface area contributed by atoms with Gasteiger partial charge in [0.15, 0.2) is 17.2 Å². The lowest BCUT2D eigenvalue weighted by Gasteiger charge is -2.51. The Morgan fingerprint density at radius 3 is 2.32 bits per heavy atom. The SMILES string of the molecule is CC(=O)C1=C(O)[C@@H](N(C)C)[C@@H]2C[C@H]3C(=C(O)[C@]2(O)C1=O)C(=O)c1c(O)cccc1[C@@H]3Sc1ccccc1. The summed E-state index contributed by atoms with van der Waals surface area (Å²) in [4.78, 5) is 42.1. The van der Waals surface area contributed by atoms with Gasteiger partial charge in [-0.05, 0) is 51.2 Å². The van der Waals surface area contributed by atoms with Crippen LogP contribution in [-0.2, 0) is 9.59 Å². The van der Waals surface area contributed by atoms with Crippen LogP contribution in [0, 0.1) is 11.8 Å². The predicted molar refractivity (Wildman–Crippen MR) is 136 cm³/mol. The van der Waals surface area contributed by atoms with Gasteiger partial charge in [-0.1, -0.05) is 30.3 Å². The molecule has 3 aliphatic rings. The molecule has 0 aliphatic heterocycles. The van der Waals surface area contributed by atoms with Gasteiger partial charge in [-0.15, -0.1) is 11.8 Å². The Morgan fingerprint density at radius 2 is 1.70 bits per heavy atom. The van der Waals surface area contributed by atoms with Gasteiger partial charge in [0.05, 0.1) is 11.6 Å². The number of rotatable bonds is 4. The van der Waals surface area contributed by atoms with E-state index in [0.29, 0.717) is 5.56 Å². The predicted octanol–water partition coefficient (Wildman–Crippen LogP) is 3.52. The van der Waals surface area contributed by atoms with Gasteiger partial charge in [0.25, 0.3) is 0 Å². The molecule has 0 radical (unpaired) electrons. The summed E-state index contributed by atoms with van der Waals surface area (Å²) in [5.74, 6) is -5.81. The average molecular weight is 522 g/mol. The van der Waals surface area contributed by atoms with E-state index in [1.807, 2.05) is 30.3 Å². The Hall–Kier alpha value is -3.40. The Bertz CT molecular complexity index is 1400. The topological polar surface area (TPSA) is 135 Å². The minimum atomic E-state index is -2.59. The second-order valence-corrected chi connectivity index (χ2v) is 11.2. The molecule has 8 nitrogen and oxygen atoms in total. The molecule has 5 rings (SSSR count). The Labute approximate surface area is 217 Å². The highest BCUT2D eigenvalue weighted by atomic mass is 32.2. The molecule has 0 saturated heterocycles. The van der Waals surface area contributed by atoms with Gasteiger partial charge in [-0.25, -0.2) is 0 Å². The number of hydrogen-bond acceptors (Lipinski definition) is 9. The first-order valence-electron chi connectivity index (χ1n) is 11.9. The van der Waals surface area contributed by atoms with E-state index in [4.69, 9.17) is 0 Å². The number of nitrogens with zero attached hydrogens (tertiary/aromatic N) is 1. The van der Waals surface area contributed by atoms with Crippen LogP contribution >= 0.6 is 11.8 Å². The average Bonchev–Trinajstić information content (AvgIpc) is 2.84. The Morgan fingerprint density at radius 1 is 1.03 bits per heavy atom. The fourth-order valence-corrected chi connectivity index (χ4v) is 7.42. The molecule has 3 aliphatic carbocycles. The quantitative estimate of drug-likeness (QED) is 0.446. The van der Waals surface area contributed by atoms with Gasteiger partial charge in [0, 0.05) is 27.6 Å². The van der Waals surface area contributed by atoms with Crippen molar-refractivity contribution in [2.45, 2.75) is 35.1 Å². The van der Waals surface area contributed by atoms with Crippen molar-refractivity contribution in [1.82, 2.24) is 4.90 Å². The smallest absolute Gasteiger partial charge is 0.209 e. The van der Waals surface area contributed by atoms with E-state index < -0.39 is 63.2 Å². The van der Waals surface area contributed by atoms with E-state index in [1.54, 1.807) is 31.1 Å². The summed E-state index contributed by atoms with van der Waals surface area (Å²) < 4.78 is 0. The maximum Gasteiger partial charge on any atom is 0.209 e. The molecule has 2 aromatic carbocycles. The Kier molecular flexibility index (Phi) is 6.05. The van der Waals surface area contributed by atoms with Crippen LogP contribution in [0.5, 0.6) is 5.75 Å². The molecule has 0 unspecified atom stereocenters. The molecule has 0 heterocycles. The molecule has 0 saturated carbocycles. The molecule has 5 atom stereocenters. The van der Waals surface area contributed by atoms with E-state index in [2.05, 4.69) is 0 Å². The summed E-state index contributed by atoms with van der Waals surface area (Å²) >= 11 is 1.44. The number of phenolic OH excluding ortho intramolecular Hbond substituents is 1.